The van der Waals surface area contributed by atoms with Gasteiger partial charge in [0, 0.05) is 25.7 Å². The van der Waals surface area contributed by atoms with E-state index in [1.165, 1.54) is 13.2 Å². The summed E-state index contributed by atoms with van der Waals surface area (Å²) in [7, 11) is 1.51. The minimum atomic E-state index is -1.08. The molecule has 1 aromatic carbocycles. The second-order valence-corrected chi connectivity index (χ2v) is 7.07. The van der Waals surface area contributed by atoms with Crippen molar-refractivity contribution in [2.45, 2.75) is 31.8 Å². The van der Waals surface area contributed by atoms with Gasteiger partial charge in [0.2, 0.25) is 5.65 Å². The zero-order valence-corrected chi connectivity index (χ0v) is 15.1. The van der Waals surface area contributed by atoms with Gasteiger partial charge in [-0.05, 0) is 30.5 Å². The Kier molecular flexibility index (Phi) is 4.20. The normalized spacial score (nSPS) is 16.8. The zero-order valence-electron chi connectivity index (χ0n) is 15.1. The highest BCUT2D eigenvalue weighted by atomic mass is 16.5. The Morgan fingerprint density at radius 3 is 2.78 bits per heavy atom. The third kappa shape index (κ3) is 2.79. The molecule has 0 spiro atoms. The van der Waals surface area contributed by atoms with Crippen molar-refractivity contribution in [3.8, 4) is 0 Å². The Hall–Kier alpha value is -2.78. The van der Waals surface area contributed by atoms with Crippen molar-refractivity contribution in [3.63, 3.8) is 0 Å². The zero-order chi connectivity index (χ0) is 19.2. The molecule has 1 saturated heterocycles. The van der Waals surface area contributed by atoms with Gasteiger partial charge >= 0.3 is 5.97 Å². The Bertz CT molecular complexity index is 1090. The van der Waals surface area contributed by atoms with Crippen LogP contribution in [0.2, 0.25) is 0 Å². The van der Waals surface area contributed by atoms with Gasteiger partial charge in [0.1, 0.15) is 5.82 Å². The van der Waals surface area contributed by atoms with Crippen LogP contribution < -0.4 is 5.56 Å². The molecule has 0 atom stereocenters. The molecule has 27 heavy (non-hydrogen) atoms. The number of hydrogen-bond donors (Lipinski definition) is 2. The number of aromatic nitrogens is 4. The molecule has 0 unspecified atom stereocenters. The van der Waals surface area contributed by atoms with Crippen LogP contribution in [0.1, 0.15) is 41.5 Å². The fourth-order valence-corrected chi connectivity index (χ4v) is 3.66. The number of methoxy groups -OCH3 is 1. The van der Waals surface area contributed by atoms with E-state index in [-0.39, 0.29) is 23.2 Å². The van der Waals surface area contributed by atoms with E-state index in [1.54, 1.807) is 10.5 Å². The smallest absolute Gasteiger partial charge is 0.336 e. The topological polar surface area (TPSA) is 119 Å². The minimum absolute atomic E-state index is 0.0891. The van der Waals surface area contributed by atoms with Gasteiger partial charge in [-0.1, -0.05) is 6.92 Å². The maximum Gasteiger partial charge on any atom is 0.336 e. The lowest BCUT2D eigenvalue weighted by atomic mass is 9.81. The molecule has 4 rings (SSSR count). The van der Waals surface area contributed by atoms with Crippen molar-refractivity contribution in [1.82, 2.24) is 19.6 Å². The van der Waals surface area contributed by atoms with Gasteiger partial charge in [0.15, 0.2) is 0 Å². The van der Waals surface area contributed by atoms with E-state index in [1.807, 2.05) is 0 Å². The maximum atomic E-state index is 12.5. The molecule has 142 valence electrons. The van der Waals surface area contributed by atoms with Crippen LogP contribution in [0.25, 0.3) is 16.7 Å². The van der Waals surface area contributed by atoms with Crippen molar-refractivity contribution < 1.29 is 19.4 Å². The van der Waals surface area contributed by atoms with Crippen LogP contribution in [-0.2, 0) is 21.5 Å². The van der Waals surface area contributed by atoms with Crippen LogP contribution in [0.5, 0.6) is 0 Å². The summed E-state index contributed by atoms with van der Waals surface area (Å²) in [4.78, 5) is 26.8. The molecule has 9 nitrogen and oxygen atoms in total. The summed E-state index contributed by atoms with van der Waals surface area (Å²) in [5, 5.41) is 17.9. The number of benzene rings is 1. The van der Waals surface area contributed by atoms with Crippen molar-refractivity contribution in [3.05, 3.63) is 39.4 Å². The molecule has 9 heteroatoms. The monoisotopic (exact) mass is 372 g/mol. The molecule has 2 N–H and O–H groups in total. The van der Waals surface area contributed by atoms with E-state index in [2.05, 4.69) is 22.1 Å². The average Bonchev–Trinajstić information content (AvgIpc) is 3.09. The molecule has 1 aliphatic heterocycles. The second kappa shape index (κ2) is 6.43. The van der Waals surface area contributed by atoms with E-state index in [4.69, 9.17) is 9.47 Å². The molecule has 1 fully saturated rings. The summed E-state index contributed by atoms with van der Waals surface area (Å²) in [5.74, 6) is -0.395. The predicted octanol–water partition coefficient (Wildman–Crippen LogP) is 1.48. The third-order valence-corrected chi connectivity index (χ3v) is 5.24. The number of rotatable bonds is 4. The van der Waals surface area contributed by atoms with Crippen LogP contribution in [0.15, 0.2) is 16.9 Å². The second-order valence-electron chi connectivity index (χ2n) is 7.07. The first kappa shape index (κ1) is 17.6. The van der Waals surface area contributed by atoms with E-state index < -0.39 is 11.5 Å². The third-order valence-electron chi connectivity index (χ3n) is 5.24. The quantitative estimate of drug-likeness (QED) is 0.712. The van der Waals surface area contributed by atoms with Crippen LogP contribution in [-0.4, -0.2) is 51.0 Å². The number of fused-ring (bicyclic) bond motifs is 3. The molecule has 0 saturated carbocycles. The standard InChI is InChI=1S/C18H20N4O5/c1-18(3-5-27-6-4-18)17-21-20-14-15(23)19-12-8-11(16(24)25)10(9-26-2)7-13(12)22(14)17/h7-8H,3-6,9H2,1-2H3,(H,19,23)(H,24,25). The summed E-state index contributed by atoms with van der Waals surface area (Å²) in [6, 6.07) is 3.18. The van der Waals surface area contributed by atoms with E-state index in [0.29, 0.717) is 35.6 Å². The van der Waals surface area contributed by atoms with Crippen LogP contribution in [0.4, 0.5) is 0 Å². The van der Waals surface area contributed by atoms with Gasteiger partial charge < -0.3 is 19.6 Å². The molecule has 2 aromatic heterocycles. The van der Waals surface area contributed by atoms with Gasteiger partial charge in [-0.3, -0.25) is 9.20 Å². The number of carbonyl (C=O) groups is 1. The van der Waals surface area contributed by atoms with E-state index in [0.717, 1.165) is 12.8 Å². The number of aromatic carboxylic acids is 1. The number of H-pyrrole nitrogens is 1. The van der Waals surface area contributed by atoms with Crippen LogP contribution in [0.3, 0.4) is 0 Å². The van der Waals surface area contributed by atoms with Gasteiger partial charge in [0.05, 0.1) is 23.2 Å². The maximum absolute atomic E-state index is 12.5. The molecule has 1 aliphatic rings. The molecular formula is C18H20N4O5. The Morgan fingerprint density at radius 2 is 2.11 bits per heavy atom. The average molecular weight is 372 g/mol. The van der Waals surface area contributed by atoms with Crippen LogP contribution >= 0.6 is 0 Å². The Morgan fingerprint density at radius 1 is 1.37 bits per heavy atom. The lowest BCUT2D eigenvalue weighted by Gasteiger charge is -2.31. The SMILES string of the molecule is COCc1cc2c(cc1C(=O)O)[nH]c(=O)c1nnc(C3(C)CCOCC3)n12. The number of ether oxygens (including phenoxy) is 2. The first-order chi connectivity index (χ1) is 12.9. The van der Waals surface area contributed by atoms with E-state index >= 15 is 0 Å². The highest BCUT2D eigenvalue weighted by Gasteiger charge is 2.35. The van der Waals surface area contributed by atoms with Crippen molar-refractivity contribution in [2.24, 2.45) is 0 Å². The van der Waals surface area contributed by atoms with Gasteiger partial charge in [-0.2, -0.15) is 0 Å². The molecule has 3 aromatic rings. The molecule has 0 aliphatic carbocycles. The van der Waals surface area contributed by atoms with E-state index in [9.17, 15) is 14.7 Å². The number of carboxylic acid groups (broad SMARTS) is 1. The summed E-state index contributed by atoms with van der Waals surface area (Å²) in [6.07, 6.45) is 1.53. The minimum Gasteiger partial charge on any atom is -0.478 e. The number of hydrogen-bond acceptors (Lipinski definition) is 6. The Balaban J connectivity index is 2.06. The van der Waals surface area contributed by atoms with Gasteiger partial charge in [-0.15, -0.1) is 10.2 Å². The number of nitrogens with one attached hydrogen (secondary N) is 1. The number of aromatic amines is 1. The van der Waals surface area contributed by atoms with Gasteiger partial charge in [0.25, 0.3) is 5.56 Å². The molecular weight excluding hydrogens is 352 g/mol. The highest BCUT2D eigenvalue weighted by Crippen LogP contribution is 2.34. The van der Waals surface area contributed by atoms with Crippen LogP contribution in [0, 0.1) is 0 Å². The predicted molar refractivity (Wildman–Crippen MR) is 96.2 cm³/mol. The molecule has 0 amide bonds. The Labute approximate surface area is 153 Å². The summed E-state index contributed by atoms with van der Waals surface area (Å²) >= 11 is 0. The molecule has 0 radical (unpaired) electrons. The first-order valence-corrected chi connectivity index (χ1v) is 8.69. The first-order valence-electron chi connectivity index (χ1n) is 8.69. The largest absolute Gasteiger partial charge is 0.478 e. The summed E-state index contributed by atoms with van der Waals surface area (Å²) in [6.45, 7) is 3.46. The van der Waals surface area contributed by atoms with Crippen molar-refractivity contribution in [2.75, 3.05) is 20.3 Å². The highest BCUT2D eigenvalue weighted by molar-refractivity contribution is 5.94. The number of nitrogens with zero attached hydrogens (tertiary/aromatic N) is 3. The summed E-state index contributed by atoms with van der Waals surface area (Å²) < 4.78 is 12.4. The number of carboxylic acids is 1. The van der Waals surface area contributed by atoms with Crippen molar-refractivity contribution >= 4 is 22.6 Å². The fraction of sp³-hybridized carbons (Fsp3) is 0.444. The molecule has 3 heterocycles. The molecule has 0 bridgehead atoms. The van der Waals surface area contributed by atoms with Gasteiger partial charge in [-0.25, -0.2) is 4.79 Å². The summed E-state index contributed by atoms with van der Waals surface area (Å²) in [5.41, 5.74) is 1.17. The fourth-order valence-electron chi connectivity index (χ4n) is 3.66. The lowest BCUT2D eigenvalue weighted by Crippen LogP contribution is -2.33. The lowest BCUT2D eigenvalue weighted by molar-refractivity contribution is 0.0533. The van der Waals surface area contributed by atoms with Crippen molar-refractivity contribution in [1.29, 1.82) is 0 Å².